The van der Waals surface area contributed by atoms with Crippen LogP contribution in [-0.4, -0.2) is 36.4 Å². The summed E-state index contributed by atoms with van der Waals surface area (Å²) in [5.41, 5.74) is 0.595. The van der Waals surface area contributed by atoms with Gasteiger partial charge in [0.1, 0.15) is 6.04 Å². The van der Waals surface area contributed by atoms with Gasteiger partial charge in [0, 0.05) is 22.7 Å². The lowest BCUT2D eigenvalue weighted by molar-refractivity contribution is -0.140. The van der Waals surface area contributed by atoms with Crippen LogP contribution >= 0.6 is 15.9 Å². The summed E-state index contributed by atoms with van der Waals surface area (Å²) in [6, 6.07) is 5.54. The van der Waals surface area contributed by atoms with Crippen LogP contribution in [0.2, 0.25) is 0 Å². The highest BCUT2D eigenvalue weighted by Crippen LogP contribution is 2.18. The average Bonchev–Trinajstić information content (AvgIpc) is 2.92. The van der Waals surface area contributed by atoms with E-state index >= 15 is 0 Å². The Kier molecular flexibility index (Phi) is 4.97. The van der Waals surface area contributed by atoms with Gasteiger partial charge in [-0.2, -0.15) is 0 Å². The summed E-state index contributed by atoms with van der Waals surface area (Å²) < 4.78 is 6.06. The number of urea groups is 1. The fourth-order valence-electron chi connectivity index (χ4n) is 2.04. The number of nitrogens with one attached hydrogen (secondary N) is 2. The van der Waals surface area contributed by atoms with Gasteiger partial charge in [0.15, 0.2) is 0 Å². The van der Waals surface area contributed by atoms with Crippen molar-refractivity contribution in [1.82, 2.24) is 5.32 Å². The fraction of sp³-hybridized carbons (Fsp3) is 0.385. The third kappa shape index (κ3) is 3.94. The SMILES string of the molecule is O=C(Nc1ccc(Br)cc1)N[C@@H](C(=O)O)[C@H]1CCOC1. The van der Waals surface area contributed by atoms with Gasteiger partial charge in [-0.25, -0.2) is 9.59 Å². The first-order valence-electron chi connectivity index (χ1n) is 6.20. The molecule has 0 spiro atoms. The van der Waals surface area contributed by atoms with Crippen molar-refractivity contribution in [2.45, 2.75) is 12.5 Å². The lowest BCUT2D eigenvalue weighted by atomic mass is 9.99. The molecule has 1 saturated heterocycles. The molecule has 0 aromatic heterocycles. The molecule has 3 N–H and O–H groups in total. The van der Waals surface area contributed by atoms with Crippen molar-refractivity contribution in [2.75, 3.05) is 18.5 Å². The highest BCUT2D eigenvalue weighted by Gasteiger charge is 2.32. The van der Waals surface area contributed by atoms with Crippen molar-refractivity contribution in [1.29, 1.82) is 0 Å². The van der Waals surface area contributed by atoms with E-state index in [-0.39, 0.29) is 5.92 Å². The minimum Gasteiger partial charge on any atom is -0.480 e. The van der Waals surface area contributed by atoms with Crippen molar-refractivity contribution in [2.24, 2.45) is 5.92 Å². The van der Waals surface area contributed by atoms with Crippen LogP contribution < -0.4 is 10.6 Å². The smallest absolute Gasteiger partial charge is 0.326 e. The molecule has 1 aliphatic rings. The van der Waals surface area contributed by atoms with Gasteiger partial charge < -0.3 is 20.5 Å². The van der Waals surface area contributed by atoms with Gasteiger partial charge in [0.05, 0.1) is 6.61 Å². The number of ether oxygens (including phenoxy) is 1. The molecule has 1 heterocycles. The Morgan fingerprint density at radius 3 is 2.60 bits per heavy atom. The van der Waals surface area contributed by atoms with Gasteiger partial charge in [-0.1, -0.05) is 15.9 Å². The number of hydrogen-bond acceptors (Lipinski definition) is 3. The second-order valence-corrected chi connectivity index (χ2v) is 5.46. The second-order valence-electron chi connectivity index (χ2n) is 4.54. The van der Waals surface area contributed by atoms with Crippen LogP contribution in [0.1, 0.15) is 6.42 Å². The molecule has 1 aromatic rings. The maximum Gasteiger partial charge on any atom is 0.326 e. The van der Waals surface area contributed by atoms with Gasteiger partial charge in [-0.15, -0.1) is 0 Å². The Labute approximate surface area is 124 Å². The minimum absolute atomic E-state index is 0.192. The van der Waals surface area contributed by atoms with E-state index in [4.69, 9.17) is 4.74 Å². The lowest BCUT2D eigenvalue weighted by Crippen LogP contribution is -2.47. The molecule has 20 heavy (non-hydrogen) atoms. The van der Waals surface area contributed by atoms with Crippen LogP contribution in [0.5, 0.6) is 0 Å². The number of amides is 2. The van der Waals surface area contributed by atoms with Crippen LogP contribution in [0, 0.1) is 5.92 Å². The third-order valence-corrected chi connectivity index (χ3v) is 3.62. The number of aliphatic carboxylic acids is 1. The number of rotatable bonds is 4. The van der Waals surface area contributed by atoms with E-state index in [0.717, 1.165) is 4.47 Å². The Morgan fingerprint density at radius 1 is 1.35 bits per heavy atom. The van der Waals surface area contributed by atoms with Gasteiger partial charge in [-0.05, 0) is 30.7 Å². The number of carboxylic acid groups (broad SMARTS) is 1. The largest absolute Gasteiger partial charge is 0.480 e. The average molecular weight is 343 g/mol. The molecule has 0 aliphatic carbocycles. The first-order chi connectivity index (χ1) is 9.56. The van der Waals surface area contributed by atoms with Crippen LogP contribution in [0.15, 0.2) is 28.7 Å². The Bertz CT molecular complexity index is 486. The molecule has 0 saturated carbocycles. The first-order valence-corrected chi connectivity index (χ1v) is 6.99. The third-order valence-electron chi connectivity index (χ3n) is 3.09. The van der Waals surface area contributed by atoms with E-state index in [0.29, 0.717) is 25.3 Å². The lowest BCUT2D eigenvalue weighted by Gasteiger charge is -2.19. The monoisotopic (exact) mass is 342 g/mol. The molecular weight excluding hydrogens is 328 g/mol. The normalized spacial score (nSPS) is 19.4. The van der Waals surface area contributed by atoms with Crippen molar-refractivity contribution < 1.29 is 19.4 Å². The molecule has 0 bridgehead atoms. The zero-order valence-corrected chi connectivity index (χ0v) is 12.2. The number of anilines is 1. The highest BCUT2D eigenvalue weighted by molar-refractivity contribution is 9.10. The number of halogens is 1. The van der Waals surface area contributed by atoms with Crippen LogP contribution in [-0.2, 0) is 9.53 Å². The summed E-state index contributed by atoms with van der Waals surface area (Å²) in [5, 5.41) is 14.3. The zero-order valence-electron chi connectivity index (χ0n) is 10.6. The molecular formula is C13H15BrN2O4. The van der Waals surface area contributed by atoms with Crippen LogP contribution in [0.3, 0.4) is 0 Å². The molecule has 1 aromatic carbocycles. The first kappa shape index (κ1) is 14.8. The van der Waals surface area contributed by atoms with Crippen molar-refractivity contribution >= 4 is 33.6 Å². The van der Waals surface area contributed by atoms with Crippen molar-refractivity contribution in [3.63, 3.8) is 0 Å². The predicted octanol–water partition coefficient (Wildman–Crippen LogP) is 2.06. The quantitative estimate of drug-likeness (QED) is 0.781. The Hall–Kier alpha value is -1.60. The summed E-state index contributed by atoms with van der Waals surface area (Å²) >= 11 is 3.30. The number of benzene rings is 1. The van der Waals surface area contributed by atoms with Gasteiger partial charge in [0.2, 0.25) is 0 Å². The minimum atomic E-state index is -1.05. The number of carbonyl (C=O) groups is 2. The molecule has 1 aliphatic heterocycles. The number of carboxylic acids is 1. The highest BCUT2D eigenvalue weighted by atomic mass is 79.9. The van der Waals surface area contributed by atoms with E-state index in [1.165, 1.54) is 0 Å². The van der Waals surface area contributed by atoms with Crippen molar-refractivity contribution in [3.8, 4) is 0 Å². The standard InChI is InChI=1S/C13H15BrN2O4/c14-9-1-3-10(4-2-9)15-13(19)16-11(12(17)18)8-5-6-20-7-8/h1-4,8,11H,5-7H2,(H,17,18)(H2,15,16,19)/t8-,11+/m0/s1. The molecule has 2 atom stereocenters. The van der Waals surface area contributed by atoms with E-state index in [1.54, 1.807) is 24.3 Å². The Balaban J connectivity index is 1.94. The summed E-state index contributed by atoms with van der Waals surface area (Å²) in [6.07, 6.45) is 0.634. The summed E-state index contributed by atoms with van der Waals surface area (Å²) in [7, 11) is 0. The Morgan fingerprint density at radius 2 is 2.05 bits per heavy atom. The topological polar surface area (TPSA) is 87.7 Å². The molecule has 0 unspecified atom stereocenters. The van der Waals surface area contributed by atoms with E-state index in [1.807, 2.05) is 0 Å². The van der Waals surface area contributed by atoms with E-state index < -0.39 is 18.0 Å². The van der Waals surface area contributed by atoms with Crippen LogP contribution in [0.4, 0.5) is 10.5 Å². The molecule has 2 amide bonds. The maximum absolute atomic E-state index is 11.8. The summed E-state index contributed by atoms with van der Waals surface area (Å²) in [6.45, 7) is 0.889. The van der Waals surface area contributed by atoms with Gasteiger partial charge >= 0.3 is 12.0 Å². The number of hydrogen-bond donors (Lipinski definition) is 3. The fourth-order valence-corrected chi connectivity index (χ4v) is 2.30. The zero-order chi connectivity index (χ0) is 14.5. The molecule has 108 valence electrons. The summed E-state index contributed by atoms with van der Waals surface area (Å²) in [4.78, 5) is 23.0. The molecule has 1 fully saturated rings. The predicted molar refractivity (Wildman–Crippen MR) is 76.6 cm³/mol. The van der Waals surface area contributed by atoms with Gasteiger partial charge in [-0.3, -0.25) is 0 Å². The van der Waals surface area contributed by atoms with E-state index in [9.17, 15) is 14.7 Å². The van der Waals surface area contributed by atoms with Crippen LogP contribution in [0.25, 0.3) is 0 Å². The molecule has 6 nitrogen and oxygen atoms in total. The molecule has 0 radical (unpaired) electrons. The van der Waals surface area contributed by atoms with Crippen molar-refractivity contribution in [3.05, 3.63) is 28.7 Å². The second kappa shape index (κ2) is 6.71. The molecule has 7 heteroatoms. The number of carbonyl (C=O) groups excluding carboxylic acids is 1. The maximum atomic E-state index is 11.8. The summed E-state index contributed by atoms with van der Waals surface area (Å²) in [5.74, 6) is -1.24. The molecule has 2 rings (SSSR count). The van der Waals surface area contributed by atoms with E-state index in [2.05, 4.69) is 26.6 Å². The van der Waals surface area contributed by atoms with Gasteiger partial charge in [0.25, 0.3) is 0 Å².